The molecule has 5 nitrogen and oxygen atoms in total. The number of sulfonamides is 1. The average Bonchev–Trinajstić information content (AvgIpc) is 2.73. The normalized spacial score (nSPS) is 20.8. The number of hydrogen-bond donors (Lipinski definition) is 1. The van der Waals surface area contributed by atoms with E-state index in [-0.39, 0.29) is 11.1 Å². The van der Waals surface area contributed by atoms with Crippen LogP contribution in [-0.2, 0) is 10.0 Å². The molecule has 1 aliphatic rings. The van der Waals surface area contributed by atoms with Gasteiger partial charge in [0.1, 0.15) is 6.34 Å². The van der Waals surface area contributed by atoms with Crippen LogP contribution in [0.15, 0.2) is 33.6 Å². The Balaban J connectivity index is 2.16. The lowest BCUT2D eigenvalue weighted by atomic mass is 10.3. The highest BCUT2D eigenvalue weighted by atomic mass is 35.5. The second-order valence-corrected chi connectivity index (χ2v) is 6.17. The van der Waals surface area contributed by atoms with E-state index in [9.17, 15) is 8.42 Å². The molecule has 1 fully saturated rings. The number of likely N-dealkylation sites (tertiary alicyclic amines) is 1. The van der Waals surface area contributed by atoms with Crippen LogP contribution in [0.25, 0.3) is 0 Å². The van der Waals surface area contributed by atoms with E-state index in [4.69, 9.17) is 17.3 Å². The number of benzene rings is 1. The van der Waals surface area contributed by atoms with Crippen LogP contribution in [-0.4, -0.2) is 32.4 Å². The summed E-state index contributed by atoms with van der Waals surface area (Å²) in [6.45, 7) is 0.737. The predicted octanol–water partition coefficient (Wildman–Crippen LogP) is 1.44. The molecule has 0 spiro atoms. The number of hydrogen-bond acceptors (Lipinski definition) is 3. The van der Waals surface area contributed by atoms with Crippen molar-refractivity contribution in [2.45, 2.75) is 23.9 Å². The minimum absolute atomic E-state index is 0.121. The Morgan fingerprint density at radius 1 is 1.39 bits per heavy atom. The molecular weight excluding hydrogens is 274 g/mol. The Labute approximate surface area is 111 Å². The van der Waals surface area contributed by atoms with Gasteiger partial charge in [-0.25, -0.2) is 0 Å². The van der Waals surface area contributed by atoms with E-state index < -0.39 is 10.0 Å². The van der Waals surface area contributed by atoms with Gasteiger partial charge in [0.05, 0.1) is 11.1 Å². The van der Waals surface area contributed by atoms with Gasteiger partial charge in [0, 0.05) is 11.6 Å². The fourth-order valence-electron chi connectivity index (χ4n) is 1.75. The molecule has 1 aromatic rings. The number of rotatable bonds is 3. The minimum atomic E-state index is -3.67. The van der Waals surface area contributed by atoms with Crippen molar-refractivity contribution in [3.8, 4) is 0 Å². The fraction of sp³-hybridized carbons (Fsp3) is 0.364. The smallest absolute Gasteiger partial charge is 0.283 e. The Hall–Kier alpha value is -1.11. The Morgan fingerprint density at radius 3 is 2.61 bits per heavy atom. The van der Waals surface area contributed by atoms with Crippen LogP contribution < -0.4 is 5.73 Å². The largest absolute Gasteiger partial charge is 0.347 e. The summed E-state index contributed by atoms with van der Waals surface area (Å²) in [6.07, 6.45) is 2.97. The van der Waals surface area contributed by atoms with Gasteiger partial charge in [0.2, 0.25) is 0 Å². The van der Waals surface area contributed by atoms with Crippen LogP contribution in [0.4, 0.5) is 0 Å². The van der Waals surface area contributed by atoms with E-state index in [0.29, 0.717) is 5.02 Å². The van der Waals surface area contributed by atoms with E-state index in [1.807, 2.05) is 0 Å². The van der Waals surface area contributed by atoms with E-state index in [1.54, 1.807) is 4.90 Å². The molecule has 18 heavy (non-hydrogen) atoms. The fourth-order valence-corrected chi connectivity index (χ4v) is 2.72. The standard InChI is InChI=1S/C11H14ClN3O2S/c12-9-3-5-10(6-4-9)18(16,17)14-8-15-7-1-2-11(15)13/h3-6,8,11H,1-2,7,13H2. The van der Waals surface area contributed by atoms with Crippen LogP contribution in [0.2, 0.25) is 5.02 Å². The second kappa shape index (κ2) is 5.26. The summed E-state index contributed by atoms with van der Waals surface area (Å²) in [5.74, 6) is 0. The van der Waals surface area contributed by atoms with Gasteiger partial charge < -0.3 is 10.6 Å². The summed E-state index contributed by atoms with van der Waals surface area (Å²) < 4.78 is 27.4. The summed E-state index contributed by atoms with van der Waals surface area (Å²) >= 11 is 5.70. The molecule has 1 aliphatic heterocycles. The molecule has 2 rings (SSSR count). The van der Waals surface area contributed by atoms with E-state index in [1.165, 1.54) is 30.6 Å². The van der Waals surface area contributed by atoms with Crippen molar-refractivity contribution in [2.75, 3.05) is 6.54 Å². The summed E-state index contributed by atoms with van der Waals surface area (Å²) in [4.78, 5) is 1.85. The van der Waals surface area contributed by atoms with Crippen LogP contribution in [0.5, 0.6) is 0 Å². The Morgan fingerprint density at radius 2 is 2.06 bits per heavy atom. The molecule has 1 heterocycles. The first kappa shape index (κ1) is 13.3. The lowest BCUT2D eigenvalue weighted by Gasteiger charge is -2.16. The molecule has 2 N–H and O–H groups in total. The zero-order valence-electron chi connectivity index (χ0n) is 9.66. The maximum absolute atomic E-state index is 11.9. The summed E-state index contributed by atoms with van der Waals surface area (Å²) in [5, 5.41) is 0.486. The Kier molecular flexibility index (Phi) is 3.89. The van der Waals surface area contributed by atoms with Gasteiger partial charge in [-0.2, -0.15) is 8.42 Å². The quantitative estimate of drug-likeness (QED) is 0.674. The van der Waals surface area contributed by atoms with Crippen LogP contribution in [0.3, 0.4) is 0 Å². The highest BCUT2D eigenvalue weighted by Crippen LogP contribution is 2.16. The van der Waals surface area contributed by atoms with Crippen LogP contribution >= 0.6 is 11.6 Å². The maximum atomic E-state index is 11.9. The second-order valence-electron chi connectivity index (χ2n) is 4.10. The summed E-state index contributed by atoms with van der Waals surface area (Å²) in [7, 11) is -3.67. The third kappa shape index (κ3) is 3.01. The van der Waals surface area contributed by atoms with Gasteiger partial charge in [0.25, 0.3) is 10.0 Å². The van der Waals surface area contributed by atoms with Gasteiger partial charge >= 0.3 is 0 Å². The van der Waals surface area contributed by atoms with Crippen molar-refractivity contribution in [3.63, 3.8) is 0 Å². The van der Waals surface area contributed by atoms with Gasteiger partial charge in [-0.05, 0) is 37.1 Å². The zero-order valence-corrected chi connectivity index (χ0v) is 11.2. The first-order valence-electron chi connectivity index (χ1n) is 5.56. The molecule has 0 bridgehead atoms. The molecule has 1 unspecified atom stereocenters. The first-order valence-corrected chi connectivity index (χ1v) is 7.38. The number of halogens is 1. The molecule has 1 saturated heterocycles. The SMILES string of the molecule is NC1CCCN1C=NS(=O)(=O)c1ccc(Cl)cc1. The molecule has 0 amide bonds. The molecule has 0 aliphatic carbocycles. The minimum Gasteiger partial charge on any atom is -0.347 e. The van der Waals surface area contributed by atoms with Crippen molar-refractivity contribution < 1.29 is 8.42 Å². The van der Waals surface area contributed by atoms with Crippen LogP contribution in [0, 0.1) is 0 Å². The van der Waals surface area contributed by atoms with E-state index in [0.717, 1.165) is 19.4 Å². The predicted molar refractivity (Wildman–Crippen MR) is 71.0 cm³/mol. The molecule has 1 atom stereocenters. The van der Waals surface area contributed by atoms with Gasteiger partial charge in [0.15, 0.2) is 0 Å². The molecule has 0 aromatic heterocycles. The highest BCUT2D eigenvalue weighted by molar-refractivity contribution is 7.90. The van der Waals surface area contributed by atoms with Crippen molar-refractivity contribution in [1.29, 1.82) is 0 Å². The first-order chi connectivity index (χ1) is 8.49. The zero-order chi connectivity index (χ0) is 13.2. The third-order valence-corrected chi connectivity index (χ3v) is 4.28. The molecule has 98 valence electrons. The molecule has 7 heteroatoms. The lowest BCUT2D eigenvalue weighted by molar-refractivity contribution is 0.411. The average molecular weight is 288 g/mol. The summed E-state index contributed by atoms with van der Waals surface area (Å²) in [6, 6.07) is 5.90. The molecule has 1 aromatic carbocycles. The van der Waals surface area contributed by atoms with Crippen molar-refractivity contribution in [2.24, 2.45) is 10.1 Å². The maximum Gasteiger partial charge on any atom is 0.283 e. The molecule has 0 radical (unpaired) electrons. The number of nitrogens with two attached hydrogens (primary N) is 1. The monoisotopic (exact) mass is 287 g/mol. The van der Waals surface area contributed by atoms with Gasteiger partial charge in [-0.15, -0.1) is 4.40 Å². The van der Waals surface area contributed by atoms with Gasteiger partial charge in [-0.1, -0.05) is 11.6 Å². The molecular formula is C11H14ClN3O2S. The van der Waals surface area contributed by atoms with Crippen molar-refractivity contribution in [3.05, 3.63) is 29.3 Å². The molecule has 0 saturated carbocycles. The van der Waals surface area contributed by atoms with E-state index >= 15 is 0 Å². The number of nitrogens with zero attached hydrogens (tertiary/aromatic N) is 2. The Bertz CT molecular complexity index is 542. The topological polar surface area (TPSA) is 75.8 Å². The van der Waals surface area contributed by atoms with E-state index in [2.05, 4.69) is 4.40 Å². The highest BCUT2D eigenvalue weighted by Gasteiger charge is 2.19. The lowest BCUT2D eigenvalue weighted by Crippen LogP contribution is -2.35. The van der Waals surface area contributed by atoms with Gasteiger partial charge in [-0.3, -0.25) is 0 Å². The third-order valence-electron chi connectivity index (χ3n) is 2.79. The van der Waals surface area contributed by atoms with Crippen molar-refractivity contribution >= 4 is 28.0 Å². The van der Waals surface area contributed by atoms with Crippen molar-refractivity contribution in [1.82, 2.24) is 4.90 Å². The summed E-state index contributed by atoms with van der Waals surface area (Å²) in [5.41, 5.74) is 5.79. The van der Waals surface area contributed by atoms with Crippen LogP contribution in [0.1, 0.15) is 12.8 Å².